The van der Waals surface area contributed by atoms with Crippen molar-refractivity contribution in [2.24, 2.45) is 0 Å². The molecule has 0 saturated heterocycles. The number of benzene rings is 1. The van der Waals surface area contributed by atoms with E-state index >= 15 is 0 Å². The number of carboxylic acids is 1. The van der Waals surface area contributed by atoms with Crippen LogP contribution in [0.5, 0.6) is 0 Å². The SMILES string of the molecule is C.Cc1ccc(C(=O)O)cc1. The molecule has 0 amide bonds. The minimum atomic E-state index is -0.875. The molecular formula is C9H12O2. The monoisotopic (exact) mass is 152 g/mol. The summed E-state index contributed by atoms with van der Waals surface area (Å²) in [6, 6.07) is 6.75. The van der Waals surface area contributed by atoms with Gasteiger partial charge in [0.15, 0.2) is 0 Å². The Hall–Kier alpha value is -1.31. The molecule has 0 atom stereocenters. The molecular weight excluding hydrogens is 140 g/mol. The van der Waals surface area contributed by atoms with E-state index in [4.69, 9.17) is 5.11 Å². The highest BCUT2D eigenvalue weighted by Gasteiger charge is 1.98. The lowest BCUT2D eigenvalue weighted by atomic mass is 10.2. The van der Waals surface area contributed by atoms with E-state index in [2.05, 4.69) is 0 Å². The molecule has 0 aliphatic heterocycles. The fourth-order valence-corrected chi connectivity index (χ4v) is 0.696. The standard InChI is InChI=1S/C8H8O2.CH4/c1-6-2-4-7(5-3-6)8(9)10;/h2-5H,1H3,(H,9,10);1H4. The van der Waals surface area contributed by atoms with Crippen molar-refractivity contribution in [3.05, 3.63) is 35.4 Å². The second kappa shape index (κ2) is 3.76. The van der Waals surface area contributed by atoms with Crippen molar-refractivity contribution in [2.75, 3.05) is 0 Å². The third kappa shape index (κ3) is 2.42. The topological polar surface area (TPSA) is 37.3 Å². The van der Waals surface area contributed by atoms with Crippen LogP contribution in [0.3, 0.4) is 0 Å². The van der Waals surface area contributed by atoms with Crippen molar-refractivity contribution >= 4 is 5.97 Å². The number of hydrogen-bond acceptors (Lipinski definition) is 1. The molecule has 11 heavy (non-hydrogen) atoms. The van der Waals surface area contributed by atoms with Crippen molar-refractivity contribution in [1.82, 2.24) is 0 Å². The number of carbonyl (C=O) groups is 1. The average molecular weight is 152 g/mol. The minimum absolute atomic E-state index is 0. The second-order valence-corrected chi connectivity index (χ2v) is 2.17. The van der Waals surface area contributed by atoms with Gasteiger partial charge in [0.1, 0.15) is 0 Å². The summed E-state index contributed by atoms with van der Waals surface area (Å²) in [5.41, 5.74) is 1.41. The molecule has 0 aromatic heterocycles. The maximum absolute atomic E-state index is 10.3. The molecule has 0 radical (unpaired) electrons. The highest BCUT2D eigenvalue weighted by molar-refractivity contribution is 5.87. The Balaban J connectivity index is 0.000001000. The first-order chi connectivity index (χ1) is 4.70. The highest BCUT2D eigenvalue weighted by Crippen LogP contribution is 2.01. The first-order valence-electron chi connectivity index (χ1n) is 3.00. The van der Waals surface area contributed by atoms with Gasteiger partial charge in [0, 0.05) is 0 Å². The summed E-state index contributed by atoms with van der Waals surface area (Å²) in [4.78, 5) is 10.3. The summed E-state index contributed by atoms with van der Waals surface area (Å²) >= 11 is 0. The molecule has 1 rings (SSSR count). The number of rotatable bonds is 1. The first-order valence-corrected chi connectivity index (χ1v) is 3.00. The Bertz CT molecular complexity index is 236. The summed E-state index contributed by atoms with van der Waals surface area (Å²) in [6.07, 6.45) is 0. The molecule has 1 N–H and O–H groups in total. The zero-order chi connectivity index (χ0) is 7.56. The fraction of sp³-hybridized carbons (Fsp3) is 0.222. The lowest BCUT2D eigenvalue weighted by Crippen LogP contribution is -1.94. The predicted molar refractivity (Wildman–Crippen MR) is 44.9 cm³/mol. The van der Waals surface area contributed by atoms with E-state index in [0.29, 0.717) is 5.56 Å². The molecule has 1 aromatic rings. The van der Waals surface area contributed by atoms with E-state index in [-0.39, 0.29) is 7.43 Å². The molecule has 0 aliphatic rings. The van der Waals surface area contributed by atoms with Gasteiger partial charge in [0.05, 0.1) is 5.56 Å². The molecule has 0 spiro atoms. The van der Waals surface area contributed by atoms with Gasteiger partial charge in [-0.3, -0.25) is 0 Å². The van der Waals surface area contributed by atoms with Crippen LogP contribution in [0.4, 0.5) is 0 Å². The molecule has 2 heteroatoms. The van der Waals surface area contributed by atoms with E-state index in [1.54, 1.807) is 24.3 Å². The molecule has 0 fully saturated rings. The van der Waals surface area contributed by atoms with Crippen LogP contribution < -0.4 is 0 Å². The van der Waals surface area contributed by atoms with Gasteiger partial charge in [-0.2, -0.15) is 0 Å². The largest absolute Gasteiger partial charge is 0.478 e. The lowest BCUT2D eigenvalue weighted by molar-refractivity contribution is 0.0697. The Morgan fingerprint density at radius 1 is 1.27 bits per heavy atom. The molecule has 60 valence electrons. The van der Waals surface area contributed by atoms with Gasteiger partial charge in [0.2, 0.25) is 0 Å². The number of aromatic carboxylic acids is 1. The first kappa shape index (κ1) is 9.69. The fourth-order valence-electron chi connectivity index (χ4n) is 0.696. The van der Waals surface area contributed by atoms with Crippen LogP contribution in [0.25, 0.3) is 0 Å². The Labute approximate surface area is 66.5 Å². The summed E-state index contributed by atoms with van der Waals surface area (Å²) in [5.74, 6) is -0.875. The van der Waals surface area contributed by atoms with Gasteiger partial charge in [-0.25, -0.2) is 4.79 Å². The Morgan fingerprint density at radius 2 is 1.73 bits per heavy atom. The van der Waals surface area contributed by atoms with Crippen molar-refractivity contribution < 1.29 is 9.90 Å². The molecule has 0 aliphatic carbocycles. The zero-order valence-corrected chi connectivity index (χ0v) is 5.66. The molecule has 0 heterocycles. The summed E-state index contributed by atoms with van der Waals surface area (Å²) in [5, 5.41) is 8.48. The summed E-state index contributed by atoms with van der Waals surface area (Å²) in [6.45, 7) is 1.92. The third-order valence-electron chi connectivity index (χ3n) is 1.30. The molecule has 0 bridgehead atoms. The van der Waals surface area contributed by atoms with Gasteiger partial charge in [0.25, 0.3) is 0 Å². The quantitative estimate of drug-likeness (QED) is 0.670. The maximum atomic E-state index is 10.3. The Kier molecular flexibility index (Phi) is 3.31. The number of carboxylic acid groups (broad SMARTS) is 1. The third-order valence-corrected chi connectivity index (χ3v) is 1.30. The summed E-state index contributed by atoms with van der Waals surface area (Å²) in [7, 11) is 0. The predicted octanol–water partition coefficient (Wildman–Crippen LogP) is 2.33. The average Bonchev–Trinajstić information content (AvgIpc) is 1.88. The van der Waals surface area contributed by atoms with Gasteiger partial charge in [-0.1, -0.05) is 25.1 Å². The maximum Gasteiger partial charge on any atom is 0.335 e. The van der Waals surface area contributed by atoms with Crippen LogP contribution in [0.15, 0.2) is 24.3 Å². The van der Waals surface area contributed by atoms with Crippen LogP contribution in [-0.4, -0.2) is 11.1 Å². The minimum Gasteiger partial charge on any atom is -0.478 e. The second-order valence-electron chi connectivity index (χ2n) is 2.17. The van der Waals surface area contributed by atoms with E-state index < -0.39 is 5.97 Å². The highest BCUT2D eigenvalue weighted by atomic mass is 16.4. The summed E-state index contributed by atoms with van der Waals surface area (Å²) < 4.78 is 0. The Morgan fingerprint density at radius 3 is 2.09 bits per heavy atom. The van der Waals surface area contributed by atoms with Gasteiger partial charge < -0.3 is 5.11 Å². The molecule has 1 aromatic carbocycles. The van der Waals surface area contributed by atoms with Gasteiger partial charge >= 0.3 is 5.97 Å². The number of aryl methyl sites for hydroxylation is 1. The molecule has 0 saturated carbocycles. The van der Waals surface area contributed by atoms with E-state index in [1.807, 2.05) is 6.92 Å². The van der Waals surface area contributed by atoms with Crippen LogP contribution in [0.1, 0.15) is 23.3 Å². The van der Waals surface area contributed by atoms with E-state index in [9.17, 15) is 4.79 Å². The van der Waals surface area contributed by atoms with E-state index in [1.165, 1.54) is 0 Å². The van der Waals surface area contributed by atoms with Gasteiger partial charge in [-0.15, -0.1) is 0 Å². The van der Waals surface area contributed by atoms with Crippen LogP contribution in [-0.2, 0) is 0 Å². The van der Waals surface area contributed by atoms with Crippen LogP contribution in [0, 0.1) is 6.92 Å². The molecule has 0 unspecified atom stereocenters. The van der Waals surface area contributed by atoms with Crippen molar-refractivity contribution in [2.45, 2.75) is 14.4 Å². The van der Waals surface area contributed by atoms with Gasteiger partial charge in [-0.05, 0) is 19.1 Å². The number of hydrogen-bond donors (Lipinski definition) is 1. The zero-order valence-electron chi connectivity index (χ0n) is 5.66. The van der Waals surface area contributed by atoms with Crippen molar-refractivity contribution in [3.8, 4) is 0 Å². The van der Waals surface area contributed by atoms with Crippen LogP contribution >= 0.6 is 0 Å². The lowest BCUT2D eigenvalue weighted by Gasteiger charge is -1.92. The van der Waals surface area contributed by atoms with Crippen molar-refractivity contribution in [1.29, 1.82) is 0 Å². The smallest absolute Gasteiger partial charge is 0.335 e. The van der Waals surface area contributed by atoms with E-state index in [0.717, 1.165) is 5.56 Å². The molecule has 2 nitrogen and oxygen atoms in total. The van der Waals surface area contributed by atoms with Crippen molar-refractivity contribution in [3.63, 3.8) is 0 Å². The van der Waals surface area contributed by atoms with Crippen LogP contribution in [0.2, 0.25) is 0 Å². The normalized spacial score (nSPS) is 8.45.